The van der Waals surface area contributed by atoms with Crippen LogP contribution in [0.4, 0.5) is 8.78 Å². The summed E-state index contributed by atoms with van der Waals surface area (Å²) in [5.41, 5.74) is 0.0174. The van der Waals surface area contributed by atoms with Gasteiger partial charge in [0.15, 0.2) is 0 Å². The van der Waals surface area contributed by atoms with Crippen molar-refractivity contribution in [3.05, 3.63) is 35.6 Å². The minimum absolute atomic E-state index is 0.0174. The van der Waals surface area contributed by atoms with Gasteiger partial charge in [0.25, 0.3) is 0 Å². The zero-order valence-corrected chi connectivity index (χ0v) is 7.46. The molecular formula is C10H6F2O3. The lowest BCUT2D eigenvalue weighted by Crippen LogP contribution is -1.97. The summed E-state index contributed by atoms with van der Waals surface area (Å²) in [4.78, 5) is 10.4. The van der Waals surface area contributed by atoms with Crippen molar-refractivity contribution in [2.24, 2.45) is 0 Å². The molecule has 0 bridgehead atoms. The van der Waals surface area contributed by atoms with Gasteiger partial charge in [-0.05, 0) is 6.07 Å². The highest BCUT2D eigenvalue weighted by Gasteiger charge is 2.12. The first kappa shape index (κ1) is 9.64. The third-order valence-corrected chi connectivity index (χ3v) is 1.93. The van der Waals surface area contributed by atoms with E-state index in [2.05, 4.69) is 0 Å². The minimum Gasteiger partial charge on any atom is -0.481 e. The molecular weight excluding hydrogens is 206 g/mol. The zero-order chi connectivity index (χ0) is 11.0. The predicted molar refractivity (Wildman–Crippen MR) is 47.5 cm³/mol. The second-order valence-corrected chi connectivity index (χ2v) is 3.08. The Bertz CT molecular complexity index is 531. The van der Waals surface area contributed by atoms with E-state index in [0.717, 1.165) is 12.1 Å². The van der Waals surface area contributed by atoms with Crippen LogP contribution in [0.2, 0.25) is 0 Å². The molecule has 0 fully saturated rings. The molecule has 2 aromatic rings. The molecule has 0 saturated carbocycles. The Kier molecular flexibility index (Phi) is 2.15. The van der Waals surface area contributed by atoms with E-state index < -0.39 is 17.6 Å². The summed E-state index contributed by atoms with van der Waals surface area (Å²) >= 11 is 0. The fraction of sp³-hybridized carbons (Fsp3) is 0.100. The van der Waals surface area contributed by atoms with Crippen molar-refractivity contribution in [2.45, 2.75) is 6.42 Å². The second kappa shape index (κ2) is 3.34. The summed E-state index contributed by atoms with van der Waals surface area (Å²) in [7, 11) is 0. The monoisotopic (exact) mass is 212 g/mol. The van der Waals surface area contributed by atoms with Gasteiger partial charge in [-0.3, -0.25) is 4.79 Å². The lowest BCUT2D eigenvalue weighted by atomic mass is 10.2. The number of furan rings is 1. The molecule has 0 unspecified atom stereocenters. The fourth-order valence-electron chi connectivity index (χ4n) is 1.35. The highest BCUT2D eigenvalue weighted by molar-refractivity contribution is 5.80. The number of rotatable bonds is 2. The third kappa shape index (κ3) is 1.81. The van der Waals surface area contributed by atoms with Gasteiger partial charge in [0.1, 0.15) is 29.4 Å². The van der Waals surface area contributed by atoms with E-state index in [4.69, 9.17) is 9.52 Å². The van der Waals surface area contributed by atoms with Crippen LogP contribution in [0.25, 0.3) is 11.0 Å². The maximum absolute atomic E-state index is 13.2. The highest BCUT2D eigenvalue weighted by atomic mass is 19.1. The first-order chi connectivity index (χ1) is 7.06. The molecule has 0 aliphatic rings. The lowest BCUT2D eigenvalue weighted by Gasteiger charge is -1.90. The number of benzene rings is 1. The number of halogens is 2. The van der Waals surface area contributed by atoms with Gasteiger partial charge in [-0.15, -0.1) is 0 Å². The summed E-state index contributed by atoms with van der Waals surface area (Å²) in [5.74, 6) is -2.50. The van der Waals surface area contributed by atoms with Crippen molar-refractivity contribution in [1.29, 1.82) is 0 Å². The Hall–Kier alpha value is -1.91. The molecule has 0 aliphatic carbocycles. The number of aliphatic carboxylic acids is 1. The van der Waals surface area contributed by atoms with Crippen molar-refractivity contribution < 1.29 is 23.1 Å². The summed E-state index contributed by atoms with van der Waals surface area (Å²) in [5, 5.41) is 8.58. The van der Waals surface area contributed by atoms with E-state index in [9.17, 15) is 13.6 Å². The van der Waals surface area contributed by atoms with Gasteiger partial charge in [0.2, 0.25) is 0 Å². The molecule has 0 atom stereocenters. The average Bonchev–Trinajstić information content (AvgIpc) is 2.45. The molecule has 0 amide bonds. The Morgan fingerprint density at radius 3 is 2.73 bits per heavy atom. The van der Waals surface area contributed by atoms with Crippen molar-refractivity contribution in [1.82, 2.24) is 0 Å². The van der Waals surface area contributed by atoms with Gasteiger partial charge in [-0.1, -0.05) is 0 Å². The van der Waals surface area contributed by atoms with Gasteiger partial charge >= 0.3 is 5.97 Å². The van der Waals surface area contributed by atoms with E-state index in [1.165, 1.54) is 6.07 Å². The van der Waals surface area contributed by atoms with Crippen molar-refractivity contribution in [2.75, 3.05) is 0 Å². The summed E-state index contributed by atoms with van der Waals surface area (Å²) < 4.78 is 30.9. The van der Waals surface area contributed by atoms with Crippen LogP contribution in [0.15, 0.2) is 22.6 Å². The number of carboxylic acid groups (broad SMARTS) is 1. The van der Waals surface area contributed by atoms with Crippen LogP contribution >= 0.6 is 0 Å². The van der Waals surface area contributed by atoms with E-state index >= 15 is 0 Å². The first-order valence-corrected chi connectivity index (χ1v) is 4.15. The van der Waals surface area contributed by atoms with Crippen molar-refractivity contribution in [3.63, 3.8) is 0 Å². The van der Waals surface area contributed by atoms with Crippen molar-refractivity contribution >= 4 is 16.9 Å². The molecule has 0 spiro atoms. The molecule has 0 saturated heterocycles. The fourth-order valence-corrected chi connectivity index (χ4v) is 1.35. The van der Waals surface area contributed by atoms with Crippen LogP contribution in [-0.2, 0) is 11.2 Å². The van der Waals surface area contributed by atoms with Crippen LogP contribution in [0, 0.1) is 11.6 Å². The molecule has 1 N–H and O–H groups in total. The topological polar surface area (TPSA) is 50.4 Å². The number of hydrogen-bond donors (Lipinski definition) is 1. The Balaban J connectivity index is 2.55. The maximum Gasteiger partial charge on any atom is 0.311 e. The van der Waals surface area contributed by atoms with E-state index in [0.29, 0.717) is 0 Å². The van der Waals surface area contributed by atoms with Crippen LogP contribution < -0.4 is 0 Å². The standard InChI is InChI=1S/C10H6F2O3/c11-5-1-8(12)7-3-6(4-10(13)14)15-9(7)2-5/h1-3H,4H2,(H,13,14). The molecule has 0 radical (unpaired) electrons. The van der Waals surface area contributed by atoms with Gasteiger partial charge < -0.3 is 9.52 Å². The zero-order valence-electron chi connectivity index (χ0n) is 7.46. The SMILES string of the molecule is O=C(O)Cc1cc2c(F)cc(F)cc2o1. The molecule has 3 nitrogen and oxygen atoms in total. The van der Waals surface area contributed by atoms with E-state index in [1.807, 2.05) is 0 Å². The first-order valence-electron chi connectivity index (χ1n) is 4.15. The molecule has 2 rings (SSSR count). The lowest BCUT2D eigenvalue weighted by molar-refractivity contribution is -0.136. The van der Waals surface area contributed by atoms with Gasteiger partial charge in [0.05, 0.1) is 5.39 Å². The molecule has 15 heavy (non-hydrogen) atoms. The molecule has 1 aromatic heterocycles. The number of carbonyl (C=O) groups is 1. The van der Waals surface area contributed by atoms with Gasteiger partial charge in [-0.25, -0.2) is 8.78 Å². The second-order valence-electron chi connectivity index (χ2n) is 3.08. The van der Waals surface area contributed by atoms with Crippen LogP contribution in [-0.4, -0.2) is 11.1 Å². The average molecular weight is 212 g/mol. The normalized spacial score (nSPS) is 10.8. The third-order valence-electron chi connectivity index (χ3n) is 1.93. The smallest absolute Gasteiger partial charge is 0.311 e. The summed E-state index contributed by atoms with van der Waals surface area (Å²) in [6, 6.07) is 3.00. The molecule has 1 heterocycles. The Labute approximate surface area is 82.9 Å². The quantitative estimate of drug-likeness (QED) is 0.831. The summed E-state index contributed by atoms with van der Waals surface area (Å²) in [6.45, 7) is 0. The van der Waals surface area contributed by atoms with Crippen LogP contribution in [0.1, 0.15) is 5.76 Å². The minimum atomic E-state index is -1.09. The number of carboxylic acids is 1. The number of fused-ring (bicyclic) bond motifs is 1. The number of hydrogen-bond acceptors (Lipinski definition) is 2. The molecule has 5 heteroatoms. The Morgan fingerprint density at radius 2 is 2.07 bits per heavy atom. The molecule has 0 aliphatic heterocycles. The highest BCUT2D eigenvalue weighted by Crippen LogP contribution is 2.23. The van der Waals surface area contributed by atoms with Gasteiger partial charge in [-0.2, -0.15) is 0 Å². The predicted octanol–water partition coefficient (Wildman–Crippen LogP) is 2.34. The van der Waals surface area contributed by atoms with Crippen molar-refractivity contribution in [3.8, 4) is 0 Å². The largest absolute Gasteiger partial charge is 0.481 e. The Morgan fingerprint density at radius 1 is 1.33 bits per heavy atom. The maximum atomic E-state index is 13.2. The summed E-state index contributed by atoms with van der Waals surface area (Å²) in [6.07, 6.45) is -0.351. The van der Waals surface area contributed by atoms with E-state index in [-0.39, 0.29) is 23.2 Å². The van der Waals surface area contributed by atoms with Crippen LogP contribution in [0.5, 0.6) is 0 Å². The van der Waals surface area contributed by atoms with Gasteiger partial charge in [0, 0.05) is 12.1 Å². The van der Waals surface area contributed by atoms with Crippen LogP contribution in [0.3, 0.4) is 0 Å². The molecule has 1 aromatic carbocycles. The molecule has 78 valence electrons. The van der Waals surface area contributed by atoms with E-state index in [1.54, 1.807) is 0 Å².